The summed E-state index contributed by atoms with van der Waals surface area (Å²) in [6.45, 7) is 3.55. The molecule has 0 radical (unpaired) electrons. The SMILES string of the molecule is CC(Cl)c1nc2cccc(Cl)c2n1CC1CCCCO1. The zero-order valence-corrected chi connectivity index (χ0v) is 13.0. The first-order valence-electron chi connectivity index (χ1n) is 7.07. The van der Waals surface area contributed by atoms with Gasteiger partial charge in [0.25, 0.3) is 0 Å². The van der Waals surface area contributed by atoms with Crippen molar-refractivity contribution in [1.82, 2.24) is 9.55 Å². The fourth-order valence-electron chi connectivity index (χ4n) is 2.80. The average Bonchev–Trinajstić information content (AvgIpc) is 2.80. The average molecular weight is 313 g/mol. The lowest BCUT2D eigenvalue weighted by Crippen LogP contribution is -2.25. The van der Waals surface area contributed by atoms with Gasteiger partial charge < -0.3 is 9.30 Å². The maximum atomic E-state index is 6.35. The molecule has 2 atom stereocenters. The van der Waals surface area contributed by atoms with Crippen molar-refractivity contribution in [3.63, 3.8) is 0 Å². The van der Waals surface area contributed by atoms with Gasteiger partial charge >= 0.3 is 0 Å². The fourth-order valence-corrected chi connectivity index (χ4v) is 3.24. The molecule has 0 saturated carbocycles. The Balaban J connectivity index is 2.03. The van der Waals surface area contributed by atoms with Gasteiger partial charge in [0, 0.05) is 6.61 Å². The van der Waals surface area contributed by atoms with E-state index in [1.54, 1.807) is 0 Å². The van der Waals surface area contributed by atoms with Gasteiger partial charge in [0.05, 0.1) is 34.1 Å². The summed E-state index contributed by atoms with van der Waals surface area (Å²) in [5, 5.41) is 0.566. The quantitative estimate of drug-likeness (QED) is 0.777. The molecule has 1 saturated heterocycles. The second-order valence-electron chi connectivity index (χ2n) is 5.29. The van der Waals surface area contributed by atoms with E-state index in [2.05, 4.69) is 9.55 Å². The van der Waals surface area contributed by atoms with Crippen LogP contribution in [0, 0.1) is 0 Å². The minimum absolute atomic E-state index is 0.151. The molecule has 2 aromatic rings. The third kappa shape index (κ3) is 2.67. The largest absolute Gasteiger partial charge is 0.376 e. The molecule has 2 heterocycles. The molecule has 20 heavy (non-hydrogen) atoms. The van der Waals surface area contributed by atoms with Crippen molar-refractivity contribution >= 4 is 34.2 Å². The van der Waals surface area contributed by atoms with E-state index in [4.69, 9.17) is 27.9 Å². The van der Waals surface area contributed by atoms with E-state index in [-0.39, 0.29) is 11.5 Å². The molecule has 0 bridgehead atoms. The number of hydrogen-bond donors (Lipinski definition) is 0. The smallest absolute Gasteiger partial charge is 0.127 e. The predicted octanol–water partition coefficient (Wildman–Crippen LogP) is 4.56. The Bertz CT molecular complexity index is 603. The van der Waals surface area contributed by atoms with Crippen LogP contribution in [0.5, 0.6) is 0 Å². The van der Waals surface area contributed by atoms with Crippen LogP contribution in [0.25, 0.3) is 11.0 Å². The third-order valence-corrected chi connectivity index (χ3v) is 4.26. The molecule has 3 nitrogen and oxygen atoms in total. The Morgan fingerprint density at radius 3 is 3.00 bits per heavy atom. The van der Waals surface area contributed by atoms with Gasteiger partial charge in [-0.1, -0.05) is 17.7 Å². The molecule has 2 unspecified atom stereocenters. The maximum Gasteiger partial charge on any atom is 0.127 e. The van der Waals surface area contributed by atoms with Gasteiger partial charge in [-0.05, 0) is 38.3 Å². The molecule has 108 valence electrons. The Hall–Kier alpha value is -0.770. The highest BCUT2D eigenvalue weighted by Crippen LogP contribution is 2.30. The summed E-state index contributed by atoms with van der Waals surface area (Å²) < 4.78 is 7.97. The minimum Gasteiger partial charge on any atom is -0.376 e. The van der Waals surface area contributed by atoms with E-state index in [0.717, 1.165) is 47.9 Å². The normalized spacial score (nSPS) is 21.2. The van der Waals surface area contributed by atoms with Crippen molar-refractivity contribution in [3.05, 3.63) is 29.0 Å². The number of aromatic nitrogens is 2. The van der Waals surface area contributed by atoms with Gasteiger partial charge in [-0.15, -0.1) is 11.6 Å². The standard InChI is InChI=1S/C15H18Cl2N2O/c1-10(16)15-18-13-7-4-6-12(17)14(13)19(15)9-11-5-2-3-8-20-11/h4,6-7,10-11H,2-3,5,8-9H2,1H3. The highest BCUT2D eigenvalue weighted by Gasteiger charge is 2.21. The number of para-hydroxylation sites is 1. The lowest BCUT2D eigenvalue weighted by atomic mass is 10.1. The van der Waals surface area contributed by atoms with Gasteiger partial charge in [-0.2, -0.15) is 0 Å². The van der Waals surface area contributed by atoms with E-state index in [9.17, 15) is 0 Å². The number of alkyl halides is 1. The molecule has 1 aromatic carbocycles. The van der Waals surface area contributed by atoms with Crippen molar-refractivity contribution < 1.29 is 4.74 Å². The number of imidazole rings is 1. The van der Waals surface area contributed by atoms with Crippen LogP contribution in [0.15, 0.2) is 18.2 Å². The second-order valence-corrected chi connectivity index (χ2v) is 6.35. The number of benzene rings is 1. The van der Waals surface area contributed by atoms with E-state index < -0.39 is 0 Å². The van der Waals surface area contributed by atoms with Crippen LogP contribution in [-0.2, 0) is 11.3 Å². The monoisotopic (exact) mass is 312 g/mol. The molecule has 1 aliphatic rings. The second kappa shape index (κ2) is 5.92. The lowest BCUT2D eigenvalue weighted by molar-refractivity contribution is 0.00619. The summed E-state index contributed by atoms with van der Waals surface area (Å²) >= 11 is 12.6. The Morgan fingerprint density at radius 1 is 1.45 bits per heavy atom. The predicted molar refractivity (Wildman–Crippen MR) is 82.6 cm³/mol. The summed E-state index contributed by atoms with van der Waals surface area (Å²) in [7, 11) is 0. The molecule has 3 rings (SSSR count). The molecular weight excluding hydrogens is 295 g/mol. The van der Waals surface area contributed by atoms with Crippen LogP contribution >= 0.6 is 23.2 Å². The first-order chi connectivity index (χ1) is 9.66. The van der Waals surface area contributed by atoms with Crippen LogP contribution in [0.3, 0.4) is 0 Å². The van der Waals surface area contributed by atoms with E-state index in [1.807, 2.05) is 25.1 Å². The molecule has 1 aliphatic heterocycles. The number of ether oxygens (including phenoxy) is 1. The zero-order chi connectivity index (χ0) is 14.1. The lowest BCUT2D eigenvalue weighted by Gasteiger charge is -2.24. The van der Waals surface area contributed by atoms with E-state index >= 15 is 0 Å². The van der Waals surface area contributed by atoms with Crippen LogP contribution in [0.1, 0.15) is 37.4 Å². The number of halogens is 2. The van der Waals surface area contributed by atoms with Gasteiger partial charge in [0.2, 0.25) is 0 Å². The summed E-state index contributed by atoms with van der Waals surface area (Å²) in [4.78, 5) is 4.63. The highest BCUT2D eigenvalue weighted by atomic mass is 35.5. The highest BCUT2D eigenvalue weighted by molar-refractivity contribution is 6.35. The van der Waals surface area contributed by atoms with Crippen LogP contribution in [0.2, 0.25) is 5.02 Å². The van der Waals surface area contributed by atoms with Gasteiger partial charge in [-0.25, -0.2) is 4.98 Å². The Morgan fingerprint density at radius 2 is 2.30 bits per heavy atom. The molecule has 1 fully saturated rings. The van der Waals surface area contributed by atoms with Crippen LogP contribution in [-0.4, -0.2) is 22.3 Å². The molecular formula is C15H18Cl2N2O. The molecule has 0 N–H and O–H groups in total. The zero-order valence-electron chi connectivity index (χ0n) is 11.5. The number of hydrogen-bond acceptors (Lipinski definition) is 2. The first kappa shape index (κ1) is 14.2. The Kier molecular flexibility index (Phi) is 4.20. The van der Waals surface area contributed by atoms with Crippen LogP contribution in [0.4, 0.5) is 0 Å². The van der Waals surface area contributed by atoms with E-state index in [0.29, 0.717) is 0 Å². The molecule has 5 heteroatoms. The maximum absolute atomic E-state index is 6.35. The van der Waals surface area contributed by atoms with Crippen LogP contribution < -0.4 is 0 Å². The summed E-state index contributed by atoms with van der Waals surface area (Å²) in [5.41, 5.74) is 1.86. The fraction of sp³-hybridized carbons (Fsp3) is 0.533. The number of rotatable bonds is 3. The minimum atomic E-state index is -0.151. The summed E-state index contributed by atoms with van der Waals surface area (Å²) in [6.07, 6.45) is 3.68. The van der Waals surface area contributed by atoms with Gasteiger partial charge in [0.1, 0.15) is 5.82 Å². The van der Waals surface area contributed by atoms with Crippen molar-refractivity contribution in [2.24, 2.45) is 0 Å². The summed E-state index contributed by atoms with van der Waals surface area (Å²) in [5.74, 6) is 0.865. The number of fused-ring (bicyclic) bond motifs is 1. The molecule has 0 amide bonds. The first-order valence-corrected chi connectivity index (χ1v) is 7.88. The Labute approximate surface area is 128 Å². The molecule has 0 spiro atoms. The molecule has 1 aromatic heterocycles. The topological polar surface area (TPSA) is 27.1 Å². The van der Waals surface area contributed by atoms with Crippen molar-refractivity contribution in [2.45, 2.75) is 44.2 Å². The number of nitrogens with zero attached hydrogens (tertiary/aromatic N) is 2. The van der Waals surface area contributed by atoms with Crippen molar-refractivity contribution in [3.8, 4) is 0 Å². The van der Waals surface area contributed by atoms with E-state index in [1.165, 1.54) is 6.42 Å². The van der Waals surface area contributed by atoms with Gasteiger partial charge in [0.15, 0.2) is 0 Å². The summed E-state index contributed by atoms with van der Waals surface area (Å²) in [6, 6.07) is 5.79. The third-order valence-electron chi connectivity index (χ3n) is 3.76. The molecule has 0 aliphatic carbocycles. The van der Waals surface area contributed by atoms with Gasteiger partial charge in [-0.3, -0.25) is 0 Å². The van der Waals surface area contributed by atoms with Crippen molar-refractivity contribution in [1.29, 1.82) is 0 Å². The van der Waals surface area contributed by atoms with Crippen molar-refractivity contribution in [2.75, 3.05) is 6.61 Å².